The van der Waals surface area contributed by atoms with Crippen molar-refractivity contribution in [2.45, 2.75) is 0 Å². The molecule has 3 rings (SSSR count). The first-order valence-corrected chi connectivity index (χ1v) is 7.31. The number of hydrogen-bond acceptors (Lipinski definition) is 6. The van der Waals surface area contributed by atoms with Gasteiger partial charge in [0.2, 0.25) is 0 Å². The van der Waals surface area contributed by atoms with E-state index in [2.05, 4.69) is 15.0 Å². The molecule has 0 saturated heterocycles. The van der Waals surface area contributed by atoms with Crippen molar-refractivity contribution in [3.05, 3.63) is 90.3 Å². The molecule has 3 aromatic rings. The second-order valence-electron chi connectivity index (χ2n) is 4.62. The zero-order valence-corrected chi connectivity index (χ0v) is 17.0. The maximum absolute atomic E-state index is 10.2. The molecule has 30 heavy (non-hydrogen) atoms. The van der Waals surface area contributed by atoms with Crippen molar-refractivity contribution in [2.75, 3.05) is 0 Å². The molecule has 3 aromatic heterocycles. The Morgan fingerprint density at radius 2 is 0.667 bits per heavy atom. The minimum absolute atomic E-state index is 0. The van der Waals surface area contributed by atoms with E-state index in [1.54, 1.807) is 0 Å². The van der Waals surface area contributed by atoms with E-state index in [1.807, 2.05) is 0 Å². The van der Waals surface area contributed by atoms with Crippen LogP contribution in [0.2, 0.25) is 0 Å². The number of carboxylic acids is 3. The van der Waals surface area contributed by atoms with Crippen LogP contribution in [0.15, 0.2) is 73.6 Å². The monoisotopic (exact) mass is 571 g/mol. The van der Waals surface area contributed by atoms with E-state index < -0.39 is 17.9 Å². The van der Waals surface area contributed by atoms with Crippen molar-refractivity contribution in [1.29, 1.82) is 0 Å². The molecule has 0 aliphatic heterocycles. The molecule has 166 valence electrons. The topological polar surface area (TPSA) is 214 Å². The minimum atomic E-state index is -0.919. The zero-order valence-electron chi connectivity index (χ0n) is 15.1. The van der Waals surface area contributed by atoms with E-state index >= 15 is 0 Å². The van der Waals surface area contributed by atoms with Crippen molar-refractivity contribution in [3.8, 4) is 0 Å². The number of aromatic nitrogens is 3. The van der Waals surface area contributed by atoms with E-state index in [-0.39, 0.29) is 64.9 Å². The number of hydrogen-bond donors (Lipinski definition) is 3. The maximum atomic E-state index is 10.2. The summed E-state index contributed by atoms with van der Waals surface area (Å²) in [7, 11) is 0. The molecule has 3 heterocycles. The number of nitrogens with zero attached hydrogens (tertiary/aromatic N) is 3. The van der Waals surface area contributed by atoms with Crippen LogP contribution in [-0.2, 0) is 0 Å². The Bertz CT molecular complexity index is 751. The second kappa shape index (κ2) is 18.1. The van der Waals surface area contributed by atoms with Gasteiger partial charge >= 0.3 is 17.9 Å². The van der Waals surface area contributed by atoms with Gasteiger partial charge in [0, 0.05) is 74.5 Å². The summed E-state index contributed by atoms with van der Waals surface area (Å²) in [5.74, 6) is -2.76. The van der Waals surface area contributed by atoms with Crippen molar-refractivity contribution >= 4 is 17.9 Å². The third-order valence-corrected chi connectivity index (χ3v) is 2.78. The molecule has 0 aromatic carbocycles. The van der Waals surface area contributed by atoms with Crippen LogP contribution in [-0.4, -0.2) is 59.1 Å². The van der Waals surface area contributed by atoms with E-state index in [4.69, 9.17) is 15.3 Å². The smallest absolute Gasteiger partial charge is 0.335 e. The fourth-order valence-corrected chi connectivity index (χ4v) is 1.48. The van der Waals surface area contributed by atoms with Crippen molar-refractivity contribution in [1.82, 2.24) is 15.0 Å². The Morgan fingerprint density at radius 1 is 0.500 bits per heavy atom. The molecular weight excluding hydrogens is 553 g/mol. The van der Waals surface area contributed by atoms with Crippen molar-refractivity contribution in [3.63, 3.8) is 0 Å². The standard InChI is InChI=1S/3C6H5NO2.Er.2H2O/c3*8-6(9)5-1-3-7-4-2-5;;;/h3*1-4H,(H,8,9);;2*1H2. The van der Waals surface area contributed by atoms with E-state index in [0.717, 1.165) is 0 Å². The molecule has 0 saturated carbocycles. The van der Waals surface area contributed by atoms with Crippen molar-refractivity contribution < 1.29 is 78.0 Å². The van der Waals surface area contributed by atoms with Gasteiger partial charge in [0.25, 0.3) is 0 Å². The minimum Gasteiger partial charge on any atom is -0.478 e. The molecule has 11 nitrogen and oxygen atoms in total. The van der Waals surface area contributed by atoms with Gasteiger partial charge in [-0.1, -0.05) is 0 Å². The summed E-state index contributed by atoms with van der Waals surface area (Å²) in [6.07, 6.45) is 8.69. The molecule has 0 bridgehead atoms. The molecule has 0 unspecified atom stereocenters. The fraction of sp³-hybridized carbons (Fsp3) is 0. The average molecular weight is 573 g/mol. The van der Waals surface area contributed by atoms with Gasteiger partial charge in [0.05, 0.1) is 16.7 Å². The van der Waals surface area contributed by atoms with Gasteiger partial charge < -0.3 is 26.3 Å². The predicted octanol–water partition coefficient (Wildman–Crippen LogP) is 0.690. The van der Waals surface area contributed by atoms with Gasteiger partial charge in [0.15, 0.2) is 0 Å². The first kappa shape index (κ1) is 31.7. The summed E-state index contributed by atoms with van der Waals surface area (Å²) in [5, 5.41) is 25.1. The summed E-state index contributed by atoms with van der Waals surface area (Å²) in [6.45, 7) is 0. The van der Waals surface area contributed by atoms with Crippen LogP contribution < -0.4 is 0 Å². The second-order valence-corrected chi connectivity index (χ2v) is 4.62. The molecule has 0 aliphatic rings. The maximum Gasteiger partial charge on any atom is 0.335 e. The van der Waals surface area contributed by atoms with Crippen LogP contribution >= 0.6 is 0 Å². The largest absolute Gasteiger partial charge is 0.478 e. The van der Waals surface area contributed by atoms with Gasteiger partial charge in [0.1, 0.15) is 0 Å². The first-order chi connectivity index (χ1) is 12.9. The van der Waals surface area contributed by atoms with E-state index in [1.165, 1.54) is 73.6 Å². The predicted molar refractivity (Wildman–Crippen MR) is 101 cm³/mol. The molecule has 0 amide bonds. The van der Waals surface area contributed by atoms with Gasteiger partial charge in [-0.25, -0.2) is 14.4 Å². The summed E-state index contributed by atoms with van der Waals surface area (Å²) in [5.41, 5.74) is 0.806. The molecule has 0 fully saturated rings. The third-order valence-electron chi connectivity index (χ3n) is 2.78. The zero-order chi connectivity index (χ0) is 20.1. The third kappa shape index (κ3) is 13.2. The van der Waals surface area contributed by atoms with Gasteiger partial charge in [-0.2, -0.15) is 0 Å². The molecule has 0 radical (unpaired) electrons. The number of rotatable bonds is 3. The van der Waals surface area contributed by atoms with Crippen molar-refractivity contribution in [2.24, 2.45) is 0 Å². The Hall–Kier alpha value is -2.97. The summed E-state index contributed by atoms with van der Waals surface area (Å²) in [4.78, 5) is 41.5. The SMILES string of the molecule is O.O.O=C(O)c1ccncc1.O=C(O)c1ccncc1.O=C(O)c1ccncc1.[Er]. The van der Waals surface area contributed by atoms with Gasteiger partial charge in [-0.3, -0.25) is 15.0 Å². The molecular formula is C18H19ErN3O8. The Balaban J connectivity index is -0.000000347. The number of pyridine rings is 3. The van der Waals surface area contributed by atoms with Crippen LogP contribution in [0.3, 0.4) is 0 Å². The van der Waals surface area contributed by atoms with E-state index in [9.17, 15) is 14.4 Å². The molecule has 0 spiro atoms. The normalized spacial score (nSPS) is 8.00. The number of carbonyl (C=O) groups is 3. The van der Waals surface area contributed by atoms with Crippen LogP contribution in [0.4, 0.5) is 0 Å². The van der Waals surface area contributed by atoms with Crippen LogP contribution in [0.1, 0.15) is 31.1 Å². The Kier molecular flexibility index (Phi) is 19.1. The number of carboxylic acid groups (broad SMARTS) is 3. The number of aromatic carboxylic acids is 3. The molecule has 0 aliphatic carbocycles. The molecule has 12 heteroatoms. The quantitative estimate of drug-likeness (QED) is 0.402. The summed E-state index contributed by atoms with van der Waals surface area (Å²) in [6, 6.07) is 8.68. The first-order valence-electron chi connectivity index (χ1n) is 7.31. The Labute approximate surface area is 200 Å². The Morgan fingerprint density at radius 3 is 0.767 bits per heavy atom. The van der Waals surface area contributed by atoms with Crippen LogP contribution in [0.5, 0.6) is 0 Å². The molecule has 7 N–H and O–H groups in total. The van der Waals surface area contributed by atoms with E-state index in [0.29, 0.717) is 0 Å². The molecule has 0 atom stereocenters. The van der Waals surface area contributed by atoms with Crippen LogP contribution in [0.25, 0.3) is 0 Å². The average Bonchev–Trinajstić information content (AvgIpc) is 2.71. The van der Waals surface area contributed by atoms with Gasteiger partial charge in [-0.05, 0) is 36.4 Å². The van der Waals surface area contributed by atoms with Gasteiger partial charge in [-0.15, -0.1) is 0 Å². The van der Waals surface area contributed by atoms with Crippen LogP contribution in [0, 0.1) is 37.3 Å². The fourth-order valence-electron chi connectivity index (χ4n) is 1.48. The summed E-state index contributed by atoms with van der Waals surface area (Å²) < 4.78 is 0. The summed E-state index contributed by atoms with van der Waals surface area (Å²) >= 11 is 0.